The topological polar surface area (TPSA) is 78.7 Å². The van der Waals surface area contributed by atoms with Crippen molar-refractivity contribution < 1.29 is 9.21 Å². The summed E-state index contributed by atoms with van der Waals surface area (Å²) in [7, 11) is 0. The molecule has 1 aliphatic rings. The second kappa shape index (κ2) is 12.1. The SMILES string of the molecule is CCNC(=NCc1cccc(NC(=O)c2ccco2)c1)NC1CCC(SC)C1.I. The highest BCUT2D eigenvalue weighted by Crippen LogP contribution is 2.28. The molecular weight excluding hydrogens is 499 g/mol. The van der Waals surface area contributed by atoms with Gasteiger partial charge in [-0.2, -0.15) is 11.8 Å². The van der Waals surface area contributed by atoms with E-state index in [9.17, 15) is 4.79 Å². The monoisotopic (exact) mass is 528 g/mol. The molecule has 0 bridgehead atoms. The van der Waals surface area contributed by atoms with Crippen LogP contribution in [0.2, 0.25) is 0 Å². The Balaban J connectivity index is 0.00000300. The summed E-state index contributed by atoms with van der Waals surface area (Å²) in [5.41, 5.74) is 1.76. The Morgan fingerprint density at radius 2 is 2.14 bits per heavy atom. The molecule has 1 heterocycles. The first-order chi connectivity index (χ1) is 13.7. The number of rotatable bonds is 7. The van der Waals surface area contributed by atoms with Gasteiger partial charge in [-0.3, -0.25) is 4.79 Å². The lowest BCUT2D eigenvalue weighted by atomic mass is 10.2. The number of furan rings is 1. The molecule has 1 aromatic heterocycles. The van der Waals surface area contributed by atoms with Crippen LogP contribution in [0.3, 0.4) is 0 Å². The van der Waals surface area contributed by atoms with Crippen LogP contribution in [0.5, 0.6) is 0 Å². The van der Waals surface area contributed by atoms with Gasteiger partial charge in [-0.15, -0.1) is 24.0 Å². The number of nitrogens with one attached hydrogen (secondary N) is 3. The molecule has 3 rings (SSSR count). The van der Waals surface area contributed by atoms with Crippen LogP contribution in [0.15, 0.2) is 52.1 Å². The third kappa shape index (κ3) is 7.26. The fourth-order valence-electron chi connectivity index (χ4n) is 3.32. The van der Waals surface area contributed by atoms with Gasteiger partial charge in [-0.1, -0.05) is 12.1 Å². The first-order valence-corrected chi connectivity index (χ1v) is 11.0. The van der Waals surface area contributed by atoms with E-state index in [4.69, 9.17) is 9.41 Å². The van der Waals surface area contributed by atoms with Gasteiger partial charge in [0.15, 0.2) is 11.7 Å². The predicted molar refractivity (Wildman–Crippen MR) is 131 cm³/mol. The molecule has 3 N–H and O–H groups in total. The van der Waals surface area contributed by atoms with E-state index < -0.39 is 0 Å². The Morgan fingerprint density at radius 1 is 1.28 bits per heavy atom. The van der Waals surface area contributed by atoms with E-state index in [1.807, 2.05) is 36.0 Å². The third-order valence-electron chi connectivity index (χ3n) is 4.75. The Bertz CT molecular complexity index is 798. The van der Waals surface area contributed by atoms with Crippen LogP contribution in [-0.4, -0.2) is 36.0 Å². The second-order valence-electron chi connectivity index (χ2n) is 6.84. The van der Waals surface area contributed by atoms with E-state index in [0.717, 1.165) is 29.0 Å². The molecule has 8 heteroatoms. The van der Waals surface area contributed by atoms with Crippen LogP contribution < -0.4 is 16.0 Å². The Labute approximate surface area is 193 Å². The van der Waals surface area contributed by atoms with Crippen molar-refractivity contribution >= 4 is 53.3 Å². The molecule has 1 fully saturated rings. The summed E-state index contributed by atoms with van der Waals surface area (Å²) < 4.78 is 5.13. The van der Waals surface area contributed by atoms with Gasteiger partial charge in [-0.25, -0.2) is 4.99 Å². The van der Waals surface area contributed by atoms with Gasteiger partial charge < -0.3 is 20.4 Å². The number of halogens is 1. The molecule has 2 atom stereocenters. The Morgan fingerprint density at radius 3 is 2.83 bits per heavy atom. The summed E-state index contributed by atoms with van der Waals surface area (Å²) in [6, 6.07) is 11.5. The number of amides is 1. The van der Waals surface area contributed by atoms with Crippen LogP contribution >= 0.6 is 35.7 Å². The number of hydrogen-bond acceptors (Lipinski definition) is 4. The van der Waals surface area contributed by atoms with Gasteiger partial charge in [-0.05, 0) is 62.3 Å². The third-order valence-corrected chi connectivity index (χ3v) is 5.85. The molecule has 0 saturated heterocycles. The summed E-state index contributed by atoms with van der Waals surface area (Å²) in [4.78, 5) is 16.9. The Kier molecular flexibility index (Phi) is 9.86. The normalized spacial score (nSPS) is 18.8. The summed E-state index contributed by atoms with van der Waals surface area (Å²) in [5.74, 6) is 0.881. The molecule has 29 heavy (non-hydrogen) atoms. The molecule has 2 aromatic rings. The first-order valence-electron chi connectivity index (χ1n) is 9.69. The fourth-order valence-corrected chi connectivity index (χ4v) is 4.11. The standard InChI is InChI=1S/C21H28N4O2S.HI/c1-3-22-21(25-17-9-10-18(13-17)28-2)23-14-15-6-4-7-16(12-15)24-20(26)19-8-5-11-27-19;/h4-8,11-12,17-18H,3,9-10,13-14H2,1-2H3,(H,24,26)(H2,22,23,25);1H. The van der Waals surface area contributed by atoms with Crippen molar-refractivity contribution in [3.8, 4) is 0 Å². The van der Waals surface area contributed by atoms with E-state index in [1.54, 1.807) is 12.1 Å². The number of thioether (sulfide) groups is 1. The van der Waals surface area contributed by atoms with E-state index in [-0.39, 0.29) is 29.9 Å². The highest BCUT2D eigenvalue weighted by molar-refractivity contribution is 14.0. The van der Waals surface area contributed by atoms with E-state index in [1.165, 1.54) is 25.5 Å². The maximum absolute atomic E-state index is 12.1. The number of aliphatic imine (C=N–C) groups is 1. The molecule has 1 aliphatic carbocycles. The number of benzene rings is 1. The smallest absolute Gasteiger partial charge is 0.291 e. The maximum atomic E-state index is 12.1. The van der Waals surface area contributed by atoms with Gasteiger partial charge in [0, 0.05) is 23.5 Å². The summed E-state index contributed by atoms with van der Waals surface area (Å²) >= 11 is 1.95. The lowest BCUT2D eigenvalue weighted by Crippen LogP contribution is -2.42. The molecule has 158 valence electrons. The largest absolute Gasteiger partial charge is 0.459 e. The van der Waals surface area contributed by atoms with Gasteiger partial charge in [0.05, 0.1) is 12.8 Å². The number of nitrogens with zero attached hydrogens (tertiary/aromatic N) is 1. The van der Waals surface area contributed by atoms with Crippen LogP contribution in [0.25, 0.3) is 0 Å². The number of carbonyl (C=O) groups is 1. The summed E-state index contributed by atoms with van der Waals surface area (Å²) in [6.45, 7) is 3.43. The number of carbonyl (C=O) groups excluding carboxylic acids is 1. The van der Waals surface area contributed by atoms with Crippen molar-refractivity contribution in [3.05, 3.63) is 54.0 Å². The first kappa shape index (κ1) is 23.6. The minimum atomic E-state index is -0.259. The number of guanidine groups is 1. The van der Waals surface area contributed by atoms with Gasteiger partial charge in [0.1, 0.15) is 0 Å². The quantitative estimate of drug-likeness (QED) is 0.281. The lowest BCUT2D eigenvalue weighted by molar-refractivity contribution is 0.0996. The molecule has 0 aliphatic heterocycles. The van der Waals surface area contributed by atoms with Crippen LogP contribution in [0.4, 0.5) is 5.69 Å². The maximum Gasteiger partial charge on any atom is 0.291 e. The van der Waals surface area contributed by atoms with Gasteiger partial charge in [0.25, 0.3) is 5.91 Å². The average molecular weight is 528 g/mol. The van der Waals surface area contributed by atoms with Crippen molar-refractivity contribution in [3.63, 3.8) is 0 Å². The molecule has 2 unspecified atom stereocenters. The van der Waals surface area contributed by atoms with Crippen molar-refractivity contribution in [2.75, 3.05) is 18.1 Å². The highest BCUT2D eigenvalue weighted by Gasteiger charge is 2.24. The highest BCUT2D eigenvalue weighted by atomic mass is 127. The zero-order chi connectivity index (χ0) is 19.8. The van der Waals surface area contributed by atoms with Crippen molar-refractivity contribution in [1.29, 1.82) is 0 Å². The summed E-state index contributed by atoms with van der Waals surface area (Å²) in [6.07, 6.45) is 7.30. The lowest BCUT2D eigenvalue weighted by Gasteiger charge is -2.17. The molecule has 0 radical (unpaired) electrons. The van der Waals surface area contributed by atoms with Crippen LogP contribution in [0, 0.1) is 0 Å². The molecule has 1 amide bonds. The second-order valence-corrected chi connectivity index (χ2v) is 7.98. The number of hydrogen-bond donors (Lipinski definition) is 3. The van der Waals surface area contributed by atoms with Gasteiger partial charge >= 0.3 is 0 Å². The van der Waals surface area contributed by atoms with Gasteiger partial charge in [0.2, 0.25) is 0 Å². The minimum Gasteiger partial charge on any atom is -0.459 e. The van der Waals surface area contributed by atoms with E-state index >= 15 is 0 Å². The fraction of sp³-hybridized carbons (Fsp3) is 0.429. The zero-order valence-corrected chi connectivity index (χ0v) is 20.0. The van der Waals surface area contributed by atoms with Crippen molar-refractivity contribution in [2.24, 2.45) is 4.99 Å². The van der Waals surface area contributed by atoms with Crippen molar-refractivity contribution in [1.82, 2.24) is 10.6 Å². The van der Waals surface area contributed by atoms with Crippen LogP contribution in [0.1, 0.15) is 42.3 Å². The molecule has 6 nitrogen and oxygen atoms in total. The van der Waals surface area contributed by atoms with Crippen LogP contribution in [-0.2, 0) is 6.54 Å². The molecule has 0 spiro atoms. The Hall–Kier alpha value is -1.68. The summed E-state index contributed by atoms with van der Waals surface area (Å²) in [5, 5.41) is 10.5. The average Bonchev–Trinajstić information content (AvgIpc) is 3.38. The predicted octanol–water partition coefficient (Wildman–Crippen LogP) is 4.49. The van der Waals surface area contributed by atoms with E-state index in [0.29, 0.717) is 18.3 Å². The number of anilines is 1. The molecular formula is C21H29IN4O2S. The van der Waals surface area contributed by atoms with E-state index in [2.05, 4.69) is 29.1 Å². The molecule has 1 saturated carbocycles. The van der Waals surface area contributed by atoms with Crippen molar-refractivity contribution in [2.45, 2.75) is 44.0 Å². The zero-order valence-electron chi connectivity index (χ0n) is 16.8. The molecule has 1 aromatic carbocycles. The minimum absolute atomic E-state index is 0.